The van der Waals surface area contributed by atoms with Crippen LogP contribution in [0.1, 0.15) is 38.4 Å². The summed E-state index contributed by atoms with van der Waals surface area (Å²) in [7, 11) is 3.55. The number of ether oxygens (including phenoxy) is 1. The van der Waals surface area contributed by atoms with E-state index in [0.29, 0.717) is 12.6 Å². The van der Waals surface area contributed by atoms with Gasteiger partial charge in [0.2, 0.25) is 0 Å². The number of nitrogens with zero attached hydrogens (tertiary/aromatic N) is 3. The van der Waals surface area contributed by atoms with Gasteiger partial charge >= 0.3 is 0 Å². The van der Waals surface area contributed by atoms with Crippen LogP contribution in [0.15, 0.2) is 6.07 Å². The zero-order valence-electron chi connectivity index (χ0n) is 12.1. The quantitative estimate of drug-likeness (QED) is 0.855. The van der Waals surface area contributed by atoms with E-state index in [9.17, 15) is 0 Å². The lowest BCUT2D eigenvalue weighted by Crippen LogP contribution is -2.34. The lowest BCUT2D eigenvalue weighted by Gasteiger charge is -2.29. The molecule has 1 aromatic heterocycles. The van der Waals surface area contributed by atoms with Gasteiger partial charge in [-0.15, -0.1) is 0 Å². The molecule has 0 unspecified atom stereocenters. The van der Waals surface area contributed by atoms with E-state index in [0.717, 1.165) is 24.0 Å². The van der Waals surface area contributed by atoms with Crippen molar-refractivity contribution in [1.82, 2.24) is 9.97 Å². The van der Waals surface area contributed by atoms with Crippen LogP contribution in [0.2, 0.25) is 0 Å². The lowest BCUT2D eigenvalue weighted by atomic mass is 10.2. The molecule has 1 saturated carbocycles. The fourth-order valence-corrected chi connectivity index (χ4v) is 2.78. The summed E-state index contributed by atoms with van der Waals surface area (Å²) >= 11 is 0. The molecule has 0 amide bonds. The van der Waals surface area contributed by atoms with Gasteiger partial charge in [0.25, 0.3) is 0 Å². The molecule has 0 spiro atoms. The summed E-state index contributed by atoms with van der Waals surface area (Å²) in [6.45, 7) is 3.62. The molecular formula is C14H24N4O. The van der Waals surface area contributed by atoms with E-state index in [-0.39, 0.29) is 0 Å². The first-order valence-corrected chi connectivity index (χ1v) is 7.09. The van der Waals surface area contributed by atoms with Crippen molar-refractivity contribution in [2.24, 2.45) is 0 Å². The Kier molecular flexibility index (Phi) is 4.96. The molecule has 0 saturated heterocycles. The SMILES string of the molecule is CCN(c1cc(NC)nc(COC)n1)C1CCCC1. The molecule has 0 radical (unpaired) electrons. The third kappa shape index (κ3) is 3.35. The number of anilines is 2. The molecule has 106 valence electrons. The maximum atomic E-state index is 5.15. The largest absolute Gasteiger partial charge is 0.377 e. The first-order chi connectivity index (χ1) is 9.28. The van der Waals surface area contributed by atoms with Crippen molar-refractivity contribution in [3.05, 3.63) is 11.9 Å². The molecule has 1 aromatic rings. The zero-order chi connectivity index (χ0) is 13.7. The highest BCUT2D eigenvalue weighted by Gasteiger charge is 2.23. The van der Waals surface area contributed by atoms with Crippen LogP contribution >= 0.6 is 0 Å². The molecule has 2 rings (SSSR count). The standard InChI is InChI=1S/C14H24N4O/c1-4-18(11-7-5-6-8-11)14-9-12(15-2)16-13(17-14)10-19-3/h9,11H,4-8,10H2,1-3H3,(H,15,16,17). The van der Waals surface area contributed by atoms with Crippen molar-refractivity contribution >= 4 is 11.6 Å². The Hall–Kier alpha value is -1.36. The minimum atomic E-state index is 0.449. The van der Waals surface area contributed by atoms with E-state index in [1.165, 1.54) is 25.7 Å². The fraction of sp³-hybridized carbons (Fsp3) is 0.714. The van der Waals surface area contributed by atoms with E-state index < -0.39 is 0 Å². The predicted molar refractivity (Wildman–Crippen MR) is 77.6 cm³/mol. The second kappa shape index (κ2) is 6.70. The third-order valence-corrected chi connectivity index (χ3v) is 3.69. The molecule has 0 bridgehead atoms. The van der Waals surface area contributed by atoms with Gasteiger partial charge in [0.1, 0.15) is 18.2 Å². The second-order valence-corrected chi connectivity index (χ2v) is 4.93. The third-order valence-electron chi connectivity index (χ3n) is 3.69. The molecule has 5 heteroatoms. The summed E-state index contributed by atoms with van der Waals surface area (Å²) in [5.74, 6) is 2.61. The van der Waals surface area contributed by atoms with Gasteiger partial charge in [-0.3, -0.25) is 0 Å². The molecule has 1 aliphatic carbocycles. The summed E-state index contributed by atoms with van der Waals surface area (Å²) in [5.41, 5.74) is 0. The Morgan fingerprint density at radius 1 is 1.37 bits per heavy atom. The molecule has 1 aliphatic rings. The number of rotatable bonds is 6. The molecule has 0 aromatic carbocycles. The molecule has 0 atom stereocenters. The number of nitrogens with one attached hydrogen (secondary N) is 1. The van der Waals surface area contributed by atoms with Crippen LogP contribution in [0.3, 0.4) is 0 Å². The highest BCUT2D eigenvalue weighted by molar-refractivity contribution is 5.50. The summed E-state index contributed by atoms with van der Waals surface area (Å²) in [5, 5.41) is 3.10. The first kappa shape index (κ1) is 14.1. The van der Waals surface area contributed by atoms with Crippen molar-refractivity contribution in [2.45, 2.75) is 45.3 Å². The van der Waals surface area contributed by atoms with Gasteiger partial charge in [0.15, 0.2) is 5.82 Å². The summed E-state index contributed by atoms with van der Waals surface area (Å²) in [6.07, 6.45) is 5.20. The molecule has 1 fully saturated rings. The van der Waals surface area contributed by atoms with Crippen molar-refractivity contribution in [2.75, 3.05) is 30.9 Å². The summed E-state index contributed by atoms with van der Waals surface area (Å²) in [4.78, 5) is 11.4. The van der Waals surface area contributed by atoms with Gasteiger partial charge in [-0.1, -0.05) is 12.8 Å². The highest BCUT2D eigenvalue weighted by Crippen LogP contribution is 2.28. The Morgan fingerprint density at radius 2 is 2.11 bits per heavy atom. The predicted octanol–water partition coefficient (Wildman–Crippen LogP) is 2.43. The Bertz CT molecular complexity index is 404. The summed E-state index contributed by atoms with van der Waals surface area (Å²) < 4.78 is 5.15. The number of aromatic nitrogens is 2. The van der Waals surface area contributed by atoms with Crippen molar-refractivity contribution in [1.29, 1.82) is 0 Å². The summed E-state index contributed by atoms with van der Waals surface area (Å²) in [6, 6.07) is 2.65. The Labute approximate surface area is 115 Å². The Balaban J connectivity index is 2.26. The highest BCUT2D eigenvalue weighted by atomic mass is 16.5. The van der Waals surface area contributed by atoms with Crippen LogP contribution in [0.25, 0.3) is 0 Å². The van der Waals surface area contributed by atoms with Crippen LogP contribution in [-0.2, 0) is 11.3 Å². The van der Waals surface area contributed by atoms with Gasteiger partial charge in [-0.25, -0.2) is 9.97 Å². The van der Waals surface area contributed by atoms with Crippen LogP contribution in [-0.4, -0.2) is 36.7 Å². The van der Waals surface area contributed by atoms with Crippen LogP contribution in [0.4, 0.5) is 11.6 Å². The van der Waals surface area contributed by atoms with Crippen LogP contribution in [0.5, 0.6) is 0 Å². The van der Waals surface area contributed by atoms with Crippen molar-refractivity contribution < 1.29 is 4.74 Å². The van der Waals surface area contributed by atoms with Gasteiger partial charge in [0, 0.05) is 32.8 Å². The van der Waals surface area contributed by atoms with Gasteiger partial charge in [-0.2, -0.15) is 0 Å². The number of hydrogen-bond donors (Lipinski definition) is 1. The molecule has 5 nitrogen and oxygen atoms in total. The number of hydrogen-bond acceptors (Lipinski definition) is 5. The first-order valence-electron chi connectivity index (χ1n) is 7.09. The molecule has 1 heterocycles. The molecule has 0 aliphatic heterocycles. The van der Waals surface area contributed by atoms with E-state index in [1.807, 2.05) is 13.1 Å². The van der Waals surface area contributed by atoms with Gasteiger partial charge in [0.05, 0.1) is 0 Å². The maximum absolute atomic E-state index is 5.15. The maximum Gasteiger partial charge on any atom is 0.158 e. The topological polar surface area (TPSA) is 50.3 Å². The zero-order valence-corrected chi connectivity index (χ0v) is 12.1. The second-order valence-electron chi connectivity index (χ2n) is 4.93. The normalized spacial score (nSPS) is 15.7. The van der Waals surface area contributed by atoms with E-state index in [4.69, 9.17) is 4.74 Å². The average molecular weight is 264 g/mol. The van der Waals surface area contributed by atoms with E-state index >= 15 is 0 Å². The molecule has 1 N–H and O–H groups in total. The van der Waals surface area contributed by atoms with Gasteiger partial charge in [-0.05, 0) is 19.8 Å². The smallest absolute Gasteiger partial charge is 0.158 e. The monoisotopic (exact) mass is 264 g/mol. The van der Waals surface area contributed by atoms with Crippen LogP contribution < -0.4 is 10.2 Å². The Morgan fingerprint density at radius 3 is 2.68 bits per heavy atom. The average Bonchev–Trinajstić information content (AvgIpc) is 2.93. The number of methoxy groups -OCH3 is 1. The lowest BCUT2D eigenvalue weighted by molar-refractivity contribution is 0.178. The van der Waals surface area contributed by atoms with E-state index in [1.54, 1.807) is 7.11 Å². The minimum Gasteiger partial charge on any atom is -0.377 e. The van der Waals surface area contributed by atoms with E-state index in [2.05, 4.69) is 27.1 Å². The minimum absolute atomic E-state index is 0.449. The van der Waals surface area contributed by atoms with Crippen LogP contribution in [0, 0.1) is 0 Å². The fourth-order valence-electron chi connectivity index (χ4n) is 2.78. The van der Waals surface area contributed by atoms with Crippen molar-refractivity contribution in [3.63, 3.8) is 0 Å². The van der Waals surface area contributed by atoms with Gasteiger partial charge < -0.3 is 15.0 Å². The molecule has 19 heavy (non-hydrogen) atoms. The van der Waals surface area contributed by atoms with Crippen molar-refractivity contribution in [3.8, 4) is 0 Å². The molecular weight excluding hydrogens is 240 g/mol.